The first-order valence-corrected chi connectivity index (χ1v) is 9.83. The number of hydrogen-bond donors (Lipinski definition) is 0. The van der Waals surface area contributed by atoms with Crippen LogP contribution < -0.4 is 9.47 Å². The van der Waals surface area contributed by atoms with E-state index in [2.05, 4.69) is 39.8 Å². The number of benzene rings is 2. The zero-order valence-electron chi connectivity index (χ0n) is 15.3. The van der Waals surface area contributed by atoms with Crippen LogP contribution >= 0.6 is 11.9 Å². The Hall–Kier alpha value is -2.24. The van der Waals surface area contributed by atoms with Crippen LogP contribution in [0.3, 0.4) is 0 Å². The van der Waals surface area contributed by atoms with Crippen LogP contribution in [0, 0.1) is 0 Å². The fourth-order valence-corrected chi connectivity index (χ4v) is 4.12. The Morgan fingerprint density at radius 2 is 1.81 bits per heavy atom. The lowest BCUT2D eigenvalue weighted by molar-refractivity contribution is 0.356. The SMILES string of the molecule is COc1cc2nccc(-c3ccc4c(c3)CN(SC)CC4)c2cc1OC. The van der Waals surface area contributed by atoms with E-state index in [1.165, 1.54) is 22.3 Å². The zero-order valence-corrected chi connectivity index (χ0v) is 16.1. The molecule has 0 aliphatic carbocycles. The maximum atomic E-state index is 5.49. The molecule has 134 valence electrons. The highest BCUT2D eigenvalue weighted by molar-refractivity contribution is 7.96. The van der Waals surface area contributed by atoms with Gasteiger partial charge in [-0.25, -0.2) is 4.31 Å². The molecule has 5 heteroatoms. The molecule has 1 aromatic heterocycles. The molecule has 0 spiro atoms. The highest BCUT2D eigenvalue weighted by atomic mass is 32.2. The van der Waals surface area contributed by atoms with Crippen LogP contribution in [0.2, 0.25) is 0 Å². The van der Waals surface area contributed by atoms with Crippen molar-refractivity contribution < 1.29 is 9.47 Å². The molecule has 2 aromatic carbocycles. The van der Waals surface area contributed by atoms with Crippen molar-refractivity contribution in [1.29, 1.82) is 0 Å². The van der Waals surface area contributed by atoms with E-state index >= 15 is 0 Å². The highest BCUT2D eigenvalue weighted by Gasteiger charge is 2.17. The van der Waals surface area contributed by atoms with Crippen LogP contribution in [0.15, 0.2) is 42.6 Å². The third-order valence-electron chi connectivity index (χ3n) is 5.00. The Labute approximate surface area is 158 Å². The topological polar surface area (TPSA) is 34.6 Å². The summed E-state index contributed by atoms with van der Waals surface area (Å²) in [5, 5.41) is 1.07. The van der Waals surface area contributed by atoms with Crippen molar-refractivity contribution in [2.45, 2.75) is 13.0 Å². The van der Waals surface area contributed by atoms with Crippen LogP contribution in [0.25, 0.3) is 22.0 Å². The molecule has 0 fully saturated rings. The van der Waals surface area contributed by atoms with Crippen LogP contribution in [-0.2, 0) is 13.0 Å². The van der Waals surface area contributed by atoms with E-state index in [1.807, 2.05) is 30.3 Å². The fraction of sp³-hybridized carbons (Fsp3) is 0.286. The lowest BCUT2D eigenvalue weighted by atomic mass is 9.94. The minimum absolute atomic E-state index is 0.700. The number of aromatic nitrogens is 1. The minimum Gasteiger partial charge on any atom is -0.493 e. The van der Waals surface area contributed by atoms with Gasteiger partial charge in [-0.1, -0.05) is 24.1 Å². The molecule has 0 atom stereocenters. The summed E-state index contributed by atoms with van der Waals surface area (Å²) in [7, 11) is 3.31. The van der Waals surface area contributed by atoms with Gasteiger partial charge in [0.25, 0.3) is 0 Å². The first-order valence-electron chi connectivity index (χ1n) is 8.65. The molecule has 1 aliphatic rings. The average Bonchev–Trinajstić information content (AvgIpc) is 2.71. The molecule has 1 aliphatic heterocycles. The van der Waals surface area contributed by atoms with E-state index in [0.29, 0.717) is 5.75 Å². The number of hydrogen-bond acceptors (Lipinski definition) is 5. The smallest absolute Gasteiger partial charge is 0.162 e. The molecule has 2 heterocycles. The van der Waals surface area contributed by atoms with E-state index in [1.54, 1.807) is 14.2 Å². The lowest BCUT2D eigenvalue weighted by Crippen LogP contribution is -2.24. The predicted molar refractivity (Wildman–Crippen MR) is 108 cm³/mol. The summed E-state index contributed by atoms with van der Waals surface area (Å²) in [6.07, 6.45) is 5.11. The first kappa shape index (κ1) is 17.2. The van der Waals surface area contributed by atoms with Crippen molar-refractivity contribution >= 4 is 22.9 Å². The van der Waals surface area contributed by atoms with Gasteiger partial charge < -0.3 is 9.47 Å². The number of ether oxygens (including phenoxy) is 2. The Morgan fingerprint density at radius 3 is 2.58 bits per heavy atom. The normalized spacial score (nSPS) is 14.3. The van der Waals surface area contributed by atoms with Gasteiger partial charge in [0.2, 0.25) is 0 Å². The molecule has 4 rings (SSSR count). The average molecular weight is 366 g/mol. The summed E-state index contributed by atoms with van der Waals surface area (Å²) in [6, 6.07) is 12.8. The Balaban J connectivity index is 1.84. The maximum absolute atomic E-state index is 5.49. The Kier molecular flexibility index (Phi) is 4.74. The summed E-state index contributed by atoms with van der Waals surface area (Å²) >= 11 is 1.82. The van der Waals surface area contributed by atoms with Gasteiger partial charge in [0, 0.05) is 30.7 Å². The van der Waals surface area contributed by atoms with Gasteiger partial charge in [-0.2, -0.15) is 0 Å². The number of pyridine rings is 1. The standard InChI is InChI=1S/C21H22N2O2S/c1-24-20-11-18-17(6-8-22-19(18)12-21(20)25-2)15-5-4-14-7-9-23(26-3)13-16(14)10-15/h4-6,8,10-12H,7,9,13H2,1-3H3. The summed E-state index contributed by atoms with van der Waals surface area (Å²) in [5.41, 5.74) is 6.15. The van der Waals surface area contributed by atoms with Crippen molar-refractivity contribution in [3.05, 3.63) is 53.7 Å². The molecule has 0 N–H and O–H groups in total. The Bertz CT molecular complexity index is 958. The molecule has 0 bridgehead atoms. The van der Waals surface area contributed by atoms with Gasteiger partial charge in [0.05, 0.1) is 19.7 Å². The third-order valence-corrected chi connectivity index (χ3v) is 5.83. The monoisotopic (exact) mass is 366 g/mol. The summed E-state index contributed by atoms with van der Waals surface area (Å²) in [4.78, 5) is 4.52. The number of rotatable bonds is 4. The van der Waals surface area contributed by atoms with Gasteiger partial charge in [-0.05, 0) is 53.1 Å². The van der Waals surface area contributed by atoms with Crippen LogP contribution in [0.4, 0.5) is 0 Å². The minimum atomic E-state index is 0.700. The molecule has 0 saturated carbocycles. The number of fused-ring (bicyclic) bond motifs is 2. The molecular formula is C21H22N2O2S. The van der Waals surface area contributed by atoms with Crippen molar-refractivity contribution in [3.8, 4) is 22.6 Å². The maximum Gasteiger partial charge on any atom is 0.162 e. The van der Waals surface area contributed by atoms with Gasteiger partial charge >= 0.3 is 0 Å². The first-order chi connectivity index (χ1) is 12.7. The van der Waals surface area contributed by atoms with Gasteiger partial charge in [0.15, 0.2) is 11.5 Å². The number of nitrogens with zero attached hydrogens (tertiary/aromatic N) is 2. The molecule has 0 radical (unpaired) electrons. The highest BCUT2D eigenvalue weighted by Crippen LogP contribution is 2.37. The van der Waals surface area contributed by atoms with E-state index in [9.17, 15) is 0 Å². The third kappa shape index (κ3) is 3.02. The lowest BCUT2D eigenvalue weighted by Gasteiger charge is -2.27. The predicted octanol–water partition coefficient (Wildman–Crippen LogP) is 4.56. The molecule has 3 aromatic rings. The van der Waals surface area contributed by atoms with Gasteiger partial charge in [0.1, 0.15) is 0 Å². The second-order valence-corrected chi connectivity index (χ2v) is 7.24. The summed E-state index contributed by atoms with van der Waals surface area (Å²) in [5.74, 6) is 1.42. The molecule has 0 saturated heterocycles. The van der Waals surface area contributed by atoms with Crippen molar-refractivity contribution in [1.82, 2.24) is 9.29 Å². The summed E-state index contributed by atoms with van der Waals surface area (Å²) in [6.45, 7) is 2.10. The van der Waals surface area contributed by atoms with E-state index in [0.717, 1.165) is 36.2 Å². The van der Waals surface area contributed by atoms with Gasteiger partial charge in [-0.15, -0.1) is 0 Å². The molecule has 4 nitrogen and oxygen atoms in total. The quantitative estimate of drug-likeness (QED) is 0.633. The molecular weight excluding hydrogens is 344 g/mol. The van der Waals surface area contributed by atoms with Crippen molar-refractivity contribution in [3.63, 3.8) is 0 Å². The van der Waals surface area contributed by atoms with E-state index in [-0.39, 0.29) is 0 Å². The van der Waals surface area contributed by atoms with E-state index < -0.39 is 0 Å². The van der Waals surface area contributed by atoms with Gasteiger partial charge in [-0.3, -0.25) is 4.98 Å². The number of methoxy groups -OCH3 is 2. The van der Waals surface area contributed by atoms with E-state index in [4.69, 9.17) is 9.47 Å². The Morgan fingerprint density at radius 1 is 1.00 bits per heavy atom. The molecule has 26 heavy (non-hydrogen) atoms. The van der Waals surface area contributed by atoms with Crippen LogP contribution in [0.1, 0.15) is 11.1 Å². The van der Waals surface area contributed by atoms with Crippen molar-refractivity contribution in [2.24, 2.45) is 0 Å². The van der Waals surface area contributed by atoms with Crippen molar-refractivity contribution in [2.75, 3.05) is 27.0 Å². The molecule has 0 unspecified atom stereocenters. The zero-order chi connectivity index (χ0) is 18.1. The summed E-state index contributed by atoms with van der Waals surface area (Å²) < 4.78 is 13.3. The fourth-order valence-electron chi connectivity index (χ4n) is 3.58. The second kappa shape index (κ2) is 7.17. The van der Waals surface area contributed by atoms with Crippen LogP contribution in [-0.4, -0.2) is 36.3 Å². The second-order valence-electron chi connectivity index (χ2n) is 6.36. The molecule has 0 amide bonds. The largest absolute Gasteiger partial charge is 0.493 e. The van der Waals surface area contributed by atoms with Crippen LogP contribution in [0.5, 0.6) is 11.5 Å².